The summed E-state index contributed by atoms with van der Waals surface area (Å²) < 4.78 is 0. The molecule has 112 valence electrons. The van der Waals surface area contributed by atoms with Crippen LogP contribution < -0.4 is 16.0 Å². The van der Waals surface area contributed by atoms with Crippen LogP contribution in [0.15, 0.2) is 24.3 Å². The van der Waals surface area contributed by atoms with E-state index in [0.29, 0.717) is 11.7 Å². The molecule has 3 amide bonds. The van der Waals surface area contributed by atoms with Gasteiger partial charge in [-0.1, -0.05) is 0 Å². The molecule has 0 atom stereocenters. The van der Waals surface area contributed by atoms with Crippen LogP contribution in [0.25, 0.3) is 0 Å². The van der Waals surface area contributed by atoms with Crippen molar-refractivity contribution in [2.24, 2.45) is 0 Å². The Hall–Kier alpha value is -2.57. The second kappa shape index (κ2) is 6.74. The van der Waals surface area contributed by atoms with Crippen molar-refractivity contribution >= 4 is 23.6 Å². The first-order chi connectivity index (χ1) is 10.0. The van der Waals surface area contributed by atoms with E-state index in [1.54, 1.807) is 0 Å². The highest BCUT2D eigenvalue weighted by Crippen LogP contribution is 2.18. The van der Waals surface area contributed by atoms with Gasteiger partial charge in [-0.25, -0.2) is 9.59 Å². The molecule has 21 heavy (non-hydrogen) atoms. The van der Waals surface area contributed by atoms with Crippen LogP contribution in [-0.4, -0.2) is 35.6 Å². The Balaban J connectivity index is 1.68. The smallest absolute Gasteiger partial charge is 0.335 e. The number of hydrogen-bond donors (Lipinski definition) is 4. The summed E-state index contributed by atoms with van der Waals surface area (Å²) in [6.45, 7) is 0.248. The SMILES string of the molecule is O=C(CCNC(=O)Nc1ccc(C(=O)O)cc1)NC1CC1. The van der Waals surface area contributed by atoms with E-state index < -0.39 is 12.0 Å². The highest BCUT2D eigenvalue weighted by Gasteiger charge is 2.22. The van der Waals surface area contributed by atoms with Gasteiger partial charge in [0.25, 0.3) is 0 Å². The highest BCUT2D eigenvalue weighted by molar-refractivity contribution is 5.91. The van der Waals surface area contributed by atoms with Crippen molar-refractivity contribution in [3.8, 4) is 0 Å². The minimum atomic E-state index is -1.02. The van der Waals surface area contributed by atoms with Gasteiger partial charge in [-0.3, -0.25) is 4.79 Å². The average Bonchev–Trinajstić information content (AvgIpc) is 3.23. The number of carboxylic acid groups (broad SMARTS) is 1. The summed E-state index contributed by atoms with van der Waals surface area (Å²) in [6.07, 6.45) is 2.31. The molecule has 0 spiro atoms. The van der Waals surface area contributed by atoms with E-state index in [4.69, 9.17) is 5.11 Å². The summed E-state index contributed by atoms with van der Waals surface area (Å²) in [5.41, 5.74) is 0.637. The normalized spacial score (nSPS) is 13.3. The standard InChI is InChI=1S/C14H17N3O4/c18-12(16-10-5-6-10)7-8-15-14(21)17-11-3-1-9(2-4-11)13(19)20/h1-4,10H,5-8H2,(H,16,18)(H,19,20)(H2,15,17,21). The van der Waals surface area contributed by atoms with Crippen molar-refractivity contribution in [3.05, 3.63) is 29.8 Å². The number of amides is 3. The fourth-order valence-corrected chi connectivity index (χ4v) is 1.69. The van der Waals surface area contributed by atoms with Gasteiger partial charge in [0.05, 0.1) is 5.56 Å². The Bertz CT molecular complexity index is 538. The van der Waals surface area contributed by atoms with Gasteiger partial charge in [0, 0.05) is 24.7 Å². The lowest BCUT2D eigenvalue weighted by Gasteiger charge is -2.08. The Labute approximate surface area is 121 Å². The van der Waals surface area contributed by atoms with E-state index in [1.807, 2.05) is 0 Å². The van der Waals surface area contributed by atoms with Crippen LogP contribution in [-0.2, 0) is 4.79 Å². The third kappa shape index (κ3) is 5.13. The number of carbonyl (C=O) groups excluding carboxylic acids is 2. The van der Waals surface area contributed by atoms with E-state index in [-0.39, 0.29) is 24.4 Å². The van der Waals surface area contributed by atoms with Crippen molar-refractivity contribution in [3.63, 3.8) is 0 Å². The molecule has 1 fully saturated rings. The van der Waals surface area contributed by atoms with Crippen LogP contribution in [0.5, 0.6) is 0 Å². The molecule has 2 rings (SSSR count). The van der Waals surface area contributed by atoms with Crippen molar-refractivity contribution in [2.45, 2.75) is 25.3 Å². The number of benzene rings is 1. The first-order valence-electron chi connectivity index (χ1n) is 6.72. The van der Waals surface area contributed by atoms with Crippen molar-refractivity contribution in [1.82, 2.24) is 10.6 Å². The van der Waals surface area contributed by atoms with Crippen LogP contribution in [0.4, 0.5) is 10.5 Å². The fourth-order valence-electron chi connectivity index (χ4n) is 1.69. The Morgan fingerprint density at radius 3 is 2.38 bits per heavy atom. The maximum Gasteiger partial charge on any atom is 0.335 e. The average molecular weight is 291 g/mol. The molecule has 0 radical (unpaired) electrons. The van der Waals surface area contributed by atoms with E-state index in [1.165, 1.54) is 24.3 Å². The summed E-state index contributed by atoms with van der Waals surface area (Å²) in [5, 5.41) is 16.7. The number of urea groups is 1. The fraction of sp³-hybridized carbons (Fsp3) is 0.357. The Kier molecular flexibility index (Phi) is 4.76. The molecule has 0 unspecified atom stereocenters. The van der Waals surface area contributed by atoms with Crippen molar-refractivity contribution in [1.29, 1.82) is 0 Å². The first kappa shape index (κ1) is 14.8. The summed E-state index contributed by atoms with van der Waals surface area (Å²) in [5.74, 6) is -1.09. The third-order valence-electron chi connectivity index (χ3n) is 2.97. The summed E-state index contributed by atoms with van der Waals surface area (Å²) in [7, 11) is 0. The monoisotopic (exact) mass is 291 g/mol. The molecule has 1 saturated carbocycles. The molecule has 4 N–H and O–H groups in total. The maximum absolute atomic E-state index is 11.6. The Morgan fingerprint density at radius 2 is 1.81 bits per heavy atom. The van der Waals surface area contributed by atoms with Crippen LogP contribution in [0.1, 0.15) is 29.6 Å². The number of carboxylic acids is 1. The molecule has 0 bridgehead atoms. The molecule has 1 aliphatic carbocycles. The van der Waals surface area contributed by atoms with E-state index in [0.717, 1.165) is 12.8 Å². The molecule has 0 saturated heterocycles. The molecule has 7 heteroatoms. The first-order valence-corrected chi connectivity index (χ1v) is 6.72. The number of aromatic carboxylic acids is 1. The zero-order valence-electron chi connectivity index (χ0n) is 11.4. The van der Waals surface area contributed by atoms with Crippen LogP contribution in [0.3, 0.4) is 0 Å². The van der Waals surface area contributed by atoms with E-state index >= 15 is 0 Å². The number of hydrogen-bond acceptors (Lipinski definition) is 3. The molecular weight excluding hydrogens is 274 g/mol. The van der Waals surface area contributed by atoms with Crippen LogP contribution in [0, 0.1) is 0 Å². The zero-order valence-corrected chi connectivity index (χ0v) is 11.4. The topological polar surface area (TPSA) is 108 Å². The van der Waals surface area contributed by atoms with Gasteiger partial charge >= 0.3 is 12.0 Å². The molecule has 1 aromatic rings. The quantitative estimate of drug-likeness (QED) is 0.631. The minimum Gasteiger partial charge on any atom is -0.478 e. The molecule has 1 aliphatic rings. The van der Waals surface area contributed by atoms with Crippen LogP contribution >= 0.6 is 0 Å². The lowest BCUT2D eigenvalue weighted by atomic mass is 10.2. The Morgan fingerprint density at radius 1 is 1.14 bits per heavy atom. The molecule has 1 aromatic carbocycles. The number of nitrogens with one attached hydrogen (secondary N) is 3. The summed E-state index contributed by atoms with van der Waals surface area (Å²) in [6, 6.07) is 5.70. The molecule has 0 aromatic heterocycles. The summed E-state index contributed by atoms with van der Waals surface area (Å²) >= 11 is 0. The van der Waals surface area contributed by atoms with Gasteiger partial charge in [-0.05, 0) is 37.1 Å². The molecule has 7 nitrogen and oxygen atoms in total. The van der Waals surface area contributed by atoms with E-state index in [9.17, 15) is 14.4 Å². The van der Waals surface area contributed by atoms with Crippen molar-refractivity contribution in [2.75, 3.05) is 11.9 Å². The summed E-state index contributed by atoms with van der Waals surface area (Å²) in [4.78, 5) is 33.7. The third-order valence-corrected chi connectivity index (χ3v) is 2.97. The predicted molar refractivity (Wildman–Crippen MR) is 76.2 cm³/mol. The number of carbonyl (C=O) groups is 3. The van der Waals surface area contributed by atoms with Gasteiger partial charge in [0.1, 0.15) is 0 Å². The maximum atomic E-state index is 11.6. The minimum absolute atomic E-state index is 0.0661. The van der Waals surface area contributed by atoms with Gasteiger partial charge < -0.3 is 21.1 Å². The number of rotatable bonds is 6. The van der Waals surface area contributed by atoms with Gasteiger partial charge in [-0.15, -0.1) is 0 Å². The van der Waals surface area contributed by atoms with Crippen molar-refractivity contribution < 1.29 is 19.5 Å². The largest absolute Gasteiger partial charge is 0.478 e. The highest BCUT2D eigenvalue weighted by atomic mass is 16.4. The molecule has 0 aliphatic heterocycles. The van der Waals surface area contributed by atoms with Gasteiger partial charge in [0.2, 0.25) is 5.91 Å². The zero-order chi connectivity index (χ0) is 15.2. The lowest BCUT2D eigenvalue weighted by Crippen LogP contribution is -2.33. The molecular formula is C14H17N3O4. The van der Waals surface area contributed by atoms with E-state index in [2.05, 4.69) is 16.0 Å². The lowest BCUT2D eigenvalue weighted by molar-refractivity contribution is -0.121. The molecule has 0 heterocycles. The number of anilines is 1. The van der Waals surface area contributed by atoms with Gasteiger partial charge in [0.15, 0.2) is 0 Å². The van der Waals surface area contributed by atoms with Crippen LogP contribution in [0.2, 0.25) is 0 Å². The van der Waals surface area contributed by atoms with Gasteiger partial charge in [-0.2, -0.15) is 0 Å². The predicted octanol–water partition coefficient (Wildman–Crippen LogP) is 1.17. The second-order valence-corrected chi connectivity index (χ2v) is 4.86. The second-order valence-electron chi connectivity index (χ2n) is 4.86.